The zero-order chi connectivity index (χ0) is 15.6. The highest BCUT2D eigenvalue weighted by Gasteiger charge is 2.31. The first-order valence-corrected chi connectivity index (χ1v) is 8.74. The molecule has 3 aliphatic rings. The molecule has 3 aliphatic heterocycles. The normalized spacial score (nSPS) is 24.7. The Labute approximate surface area is 136 Å². The van der Waals surface area contributed by atoms with E-state index in [-0.39, 0.29) is 5.91 Å². The lowest BCUT2D eigenvalue weighted by Gasteiger charge is -2.35. The number of nitrogens with one attached hydrogen (secondary N) is 1. The molecule has 0 aromatic heterocycles. The number of carbonyl (C=O) groups excluding carboxylic acids is 1. The number of rotatable bonds is 2. The monoisotopic (exact) mass is 316 g/mol. The Balaban J connectivity index is 1.44. The Morgan fingerprint density at radius 3 is 2.74 bits per heavy atom. The molecule has 5 nitrogen and oxygen atoms in total. The molecule has 0 radical (unpaired) electrons. The topological polar surface area (TPSA) is 50.8 Å². The molecule has 124 valence electrons. The van der Waals surface area contributed by atoms with Crippen molar-refractivity contribution in [2.24, 2.45) is 5.92 Å². The molecule has 1 N–H and O–H groups in total. The van der Waals surface area contributed by atoms with Crippen LogP contribution in [0.3, 0.4) is 0 Å². The van der Waals surface area contributed by atoms with Crippen LogP contribution in [-0.2, 0) is 0 Å². The first kappa shape index (κ1) is 14.8. The summed E-state index contributed by atoms with van der Waals surface area (Å²) < 4.78 is 11.3. The van der Waals surface area contributed by atoms with Crippen molar-refractivity contribution in [3.8, 4) is 11.5 Å². The minimum Gasteiger partial charge on any atom is -0.486 e. The molecule has 0 saturated carbocycles. The summed E-state index contributed by atoms with van der Waals surface area (Å²) in [6.07, 6.45) is 4.76. The molecule has 23 heavy (non-hydrogen) atoms. The molecule has 2 saturated heterocycles. The van der Waals surface area contributed by atoms with Gasteiger partial charge in [0.15, 0.2) is 11.5 Å². The Bertz CT molecular complexity index is 576. The maximum atomic E-state index is 12.9. The van der Waals surface area contributed by atoms with E-state index in [1.165, 1.54) is 12.8 Å². The summed E-state index contributed by atoms with van der Waals surface area (Å²) in [7, 11) is 0. The van der Waals surface area contributed by atoms with Gasteiger partial charge in [0.1, 0.15) is 13.2 Å². The molecule has 0 aliphatic carbocycles. The van der Waals surface area contributed by atoms with E-state index >= 15 is 0 Å². The number of hydrogen-bond donors (Lipinski definition) is 1. The number of fused-ring (bicyclic) bond motifs is 1. The molecular weight excluding hydrogens is 292 g/mol. The summed E-state index contributed by atoms with van der Waals surface area (Å²) in [6, 6.07) is 6.24. The lowest BCUT2D eigenvalue weighted by molar-refractivity contribution is 0.0664. The first-order chi connectivity index (χ1) is 11.3. The third kappa shape index (κ3) is 2.90. The lowest BCUT2D eigenvalue weighted by atomic mass is 9.88. The van der Waals surface area contributed by atoms with Gasteiger partial charge in [0.05, 0.1) is 5.56 Å². The quantitative estimate of drug-likeness (QED) is 0.907. The molecule has 1 aromatic carbocycles. The molecule has 3 heterocycles. The van der Waals surface area contributed by atoms with Crippen LogP contribution in [0.2, 0.25) is 0 Å². The largest absolute Gasteiger partial charge is 0.486 e. The van der Waals surface area contributed by atoms with Gasteiger partial charge in [-0.2, -0.15) is 0 Å². The Kier molecular flexibility index (Phi) is 4.12. The van der Waals surface area contributed by atoms with Crippen LogP contribution in [0.25, 0.3) is 0 Å². The van der Waals surface area contributed by atoms with Gasteiger partial charge in [-0.15, -0.1) is 0 Å². The molecule has 4 rings (SSSR count). The van der Waals surface area contributed by atoms with E-state index in [1.807, 2.05) is 23.1 Å². The van der Waals surface area contributed by atoms with Crippen LogP contribution >= 0.6 is 0 Å². The summed E-state index contributed by atoms with van der Waals surface area (Å²) in [6.45, 7) is 3.88. The molecule has 0 bridgehead atoms. The van der Waals surface area contributed by atoms with Crippen LogP contribution in [0.4, 0.5) is 0 Å². The number of carbonyl (C=O) groups is 1. The van der Waals surface area contributed by atoms with Crippen molar-refractivity contribution >= 4 is 5.91 Å². The SMILES string of the molecule is O=C(c1cccc2c1OCCO2)N1CCC(C2CCCN2)CC1. The number of piperidine rings is 1. The van der Waals surface area contributed by atoms with Gasteiger partial charge in [0, 0.05) is 19.1 Å². The molecule has 2 fully saturated rings. The summed E-state index contributed by atoms with van der Waals surface area (Å²) in [5.74, 6) is 2.09. The summed E-state index contributed by atoms with van der Waals surface area (Å²) in [4.78, 5) is 14.8. The minimum absolute atomic E-state index is 0.0742. The van der Waals surface area contributed by atoms with Crippen LogP contribution in [0.1, 0.15) is 36.0 Å². The first-order valence-electron chi connectivity index (χ1n) is 8.74. The Morgan fingerprint density at radius 1 is 1.13 bits per heavy atom. The zero-order valence-corrected chi connectivity index (χ0v) is 13.4. The van der Waals surface area contributed by atoms with Gasteiger partial charge >= 0.3 is 0 Å². The zero-order valence-electron chi connectivity index (χ0n) is 13.4. The second-order valence-corrected chi connectivity index (χ2v) is 6.66. The highest BCUT2D eigenvalue weighted by Crippen LogP contribution is 2.35. The van der Waals surface area contributed by atoms with Crippen molar-refractivity contribution in [1.82, 2.24) is 10.2 Å². The maximum absolute atomic E-state index is 12.9. The van der Waals surface area contributed by atoms with E-state index in [2.05, 4.69) is 5.32 Å². The Hall–Kier alpha value is -1.75. The second kappa shape index (κ2) is 6.40. The molecule has 1 aromatic rings. The van der Waals surface area contributed by atoms with E-state index in [4.69, 9.17) is 9.47 Å². The number of benzene rings is 1. The highest BCUT2D eigenvalue weighted by atomic mass is 16.6. The maximum Gasteiger partial charge on any atom is 0.257 e. The second-order valence-electron chi connectivity index (χ2n) is 6.66. The van der Waals surface area contributed by atoms with Gasteiger partial charge in [-0.3, -0.25) is 4.79 Å². The van der Waals surface area contributed by atoms with Crippen molar-refractivity contribution in [2.75, 3.05) is 32.8 Å². The highest BCUT2D eigenvalue weighted by molar-refractivity contribution is 5.98. The fourth-order valence-electron chi connectivity index (χ4n) is 4.03. The molecular formula is C18H24N2O3. The van der Waals surface area contributed by atoms with E-state index in [9.17, 15) is 4.79 Å². The molecule has 1 unspecified atom stereocenters. The van der Waals surface area contributed by atoms with Crippen LogP contribution in [0.5, 0.6) is 11.5 Å². The standard InChI is InChI=1S/C18H24N2O3/c21-18(14-3-1-5-16-17(14)23-12-11-22-16)20-9-6-13(7-10-20)15-4-2-8-19-15/h1,3,5,13,15,19H,2,4,6-12H2. The number of likely N-dealkylation sites (tertiary alicyclic amines) is 1. The predicted octanol–water partition coefficient (Wildman–Crippen LogP) is 2.06. The fourth-order valence-corrected chi connectivity index (χ4v) is 4.03. The van der Waals surface area contributed by atoms with Crippen LogP contribution in [-0.4, -0.2) is 49.7 Å². The number of nitrogens with zero attached hydrogens (tertiary/aromatic N) is 1. The van der Waals surface area contributed by atoms with Crippen molar-refractivity contribution in [3.63, 3.8) is 0 Å². The van der Waals surface area contributed by atoms with Crippen molar-refractivity contribution in [2.45, 2.75) is 31.7 Å². The van der Waals surface area contributed by atoms with Crippen molar-refractivity contribution in [1.29, 1.82) is 0 Å². The molecule has 5 heteroatoms. The number of hydrogen-bond acceptors (Lipinski definition) is 4. The van der Waals surface area contributed by atoms with Gasteiger partial charge in [-0.25, -0.2) is 0 Å². The smallest absolute Gasteiger partial charge is 0.257 e. The summed E-state index contributed by atoms with van der Waals surface area (Å²) in [5.41, 5.74) is 0.639. The molecule has 0 spiro atoms. The summed E-state index contributed by atoms with van der Waals surface area (Å²) >= 11 is 0. The van der Waals surface area contributed by atoms with Gasteiger partial charge in [0.25, 0.3) is 5.91 Å². The lowest BCUT2D eigenvalue weighted by Crippen LogP contribution is -2.43. The van der Waals surface area contributed by atoms with Gasteiger partial charge in [-0.1, -0.05) is 6.07 Å². The Morgan fingerprint density at radius 2 is 1.96 bits per heavy atom. The van der Waals surface area contributed by atoms with Gasteiger partial charge in [-0.05, 0) is 50.3 Å². The van der Waals surface area contributed by atoms with E-state index in [1.54, 1.807) is 0 Å². The van der Waals surface area contributed by atoms with Crippen molar-refractivity contribution < 1.29 is 14.3 Å². The van der Waals surface area contributed by atoms with Gasteiger partial charge in [0.2, 0.25) is 0 Å². The third-order valence-corrected chi connectivity index (χ3v) is 5.29. The summed E-state index contributed by atoms with van der Waals surface area (Å²) in [5, 5.41) is 3.60. The molecule has 1 atom stereocenters. The predicted molar refractivity (Wildman–Crippen MR) is 87.1 cm³/mol. The number of para-hydroxylation sites is 1. The number of ether oxygens (including phenoxy) is 2. The minimum atomic E-state index is 0.0742. The average molecular weight is 316 g/mol. The van der Waals surface area contributed by atoms with E-state index in [0.717, 1.165) is 32.5 Å². The third-order valence-electron chi connectivity index (χ3n) is 5.29. The van der Waals surface area contributed by atoms with E-state index in [0.29, 0.717) is 42.2 Å². The number of amides is 1. The molecule has 1 amide bonds. The van der Waals surface area contributed by atoms with Crippen LogP contribution in [0.15, 0.2) is 18.2 Å². The van der Waals surface area contributed by atoms with Crippen LogP contribution < -0.4 is 14.8 Å². The van der Waals surface area contributed by atoms with Crippen molar-refractivity contribution in [3.05, 3.63) is 23.8 Å². The fraction of sp³-hybridized carbons (Fsp3) is 0.611. The average Bonchev–Trinajstić information content (AvgIpc) is 3.15. The van der Waals surface area contributed by atoms with Crippen LogP contribution in [0, 0.1) is 5.92 Å². The van der Waals surface area contributed by atoms with E-state index < -0.39 is 0 Å². The van der Waals surface area contributed by atoms with Gasteiger partial charge < -0.3 is 19.7 Å².